The first-order chi connectivity index (χ1) is 19.7. The minimum atomic E-state index is -1.43. The van der Waals surface area contributed by atoms with Crippen LogP contribution in [0.2, 0.25) is 0 Å². The van der Waals surface area contributed by atoms with Crippen molar-refractivity contribution in [3.8, 4) is 5.75 Å². The molecule has 4 unspecified atom stereocenters. The summed E-state index contributed by atoms with van der Waals surface area (Å²) < 4.78 is 9.73. The summed E-state index contributed by atoms with van der Waals surface area (Å²) in [6.07, 6.45) is 0.762. The Balaban J connectivity index is 1.43. The lowest BCUT2D eigenvalue weighted by Gasteiger charge is -2.41. The highest BCUT2D eigenvalue weighted by Gasteiger charge is 2.85. The molecule has 1 heterocycles. The Hall–Kier alpha value is -3.55. The first-order valence-electron chi connectivity index (χ1n) is 14.0. The van der Waals surface area contributed by atoms with Crippen LogP contribution in [0.25, 0.3) is 11.1 Å². The van der Waals surface area contributed by atoms with Crippen molar-refractivity contribution in [2.24, 2.45) is 16.7 Å². The molecular formula is C34H32BrNO5. The molecule has 0 spiro atoms. The standard InChI is InChI=1S/C34H32BrNO5/c1-4-40-20-11-21-41-25-18-16-24(17-19-25)36-29(37)28-32(2)26(22-12-7-5-8-13-22)27(23-14-9-6-10-15-23)33(3,30(32)38)34(28,35)31(36)39/h5-10,12-19,28H,4,11,20-21H2,1-3H3. The van der Waals surface area contributed by atoms with Crippen LogP contribution in [0.1, 0.15) is 38.3 Å². The zero-order chi connectivity index (χ0) is 29.0. The highest BCUT2D eigenvalue weighted by atomic mass is 79.9. The largest absolute Gasteiger partial charge is 0.494 e. The number of nitrogens with zero attached hydrogens (tertiary/aromatic N) is 1. The molecule has 2 amide bonds. The Morgan fingerprint density at radius 1 is 0.805 bits per heavy atom. The number of carbonyl (C=O) groups excluding carboxylic acids is 3. The molecule has 1 saturated heterocycles. The second-order valence-corrected chi connectivity index (χ2v) is 12.4. The molecule has 3 aromatic carbocycles. The first-order valence-corrected chi connectivity index (χ1v) is 14.8. The van der Waals surface area contributed by atoms with Crippen molar-refractivity contribution in [2.45, 2.75) is 31.5 Å². The minimum absolute atomic E-state index is 0.110. The third-order valence-corrected chi connectivity index (χ3v) is 10.6. The number of allylic oxidation sites excluding steroid dienone is 2. The molecule has 3 aromatic rings. The van der Waals surface area contributed by atoms with Gasteiger partial charge in [0.1, 0.15) is 10.1 Å². The summed E-state index contributed by atoms with van der Waals surface area (Å²) in [4.78, 5) is 44.5. The average molecular weight is 615 g/mol. The maximum atomic E-state index is 14.5. The van der Waals surface area contributed by atoms with Crippen molar-refractivity contribution in [2.75, 3.05) is 24.7 Å². The van der Waals surface area contributed by atoms with Gasteiger partial charge in [-0.3, -0.25) is 14.4 Å². The highest BCUT2D eigenvalue weighted by molar-refractivity contribution is 9.10. The Kier molecular flexibility index (Phi) is 6.78. The van der Waals surface area contributed by atoms with Crippen LogP contribution in [0.15, 0.2) is 84.9 Å². The third-order valence-electron chi connectivity index (χ3n) is 9.01. The molecule has 2 fully saturated rings. The van der Waals surface area contributed by atoms with Crippen LogP contribution in [0, 0.1) is 16.7 Å². The quantitative estimate of drug-likeness (QED) is 0.160. The molecular weight excluding hydrogens is 582 g/mol. The number of imide groups is 1. The topological polar surface area (TPSA) is 72.9 Å². The van der Waals surface area contributed by atoms with Gasteiger partial charge in [0.2, 0.25) is 5.91 Å². The Labute approximate surface area is 248 Å². The van der Waals surface area contributed by atoms with Crippen LogP contribution in [0.3, 0.4) is 0 Å². The third kappa shape index (κ3) is 3.68. The van der Waals surface area contributed by atoms with E-state index in [9.17, 15) is 14.4 Å². The number of carbonyl (C=O) groups is 3. The normalized spacial score (nSPS) is 28.5. The van der Waals surface area contributed by atoms with Gasteiger partial charge < -0.3 is 9.47 Å². The van der Waals surface area contributed by atoms with Crippen LogP contribution < -0.4 is 9.64 Å². The predicted molar refractivity (Wildman–Crippen MR) is 162 cm³/mol. The Morgan fingerprint density at radius 2 is 1.39 bits per heavy atom. The van der Waals surface area contributed by atoms with Crippen LogP contribution in [-0.2, 0) is 19.1 Å². The summed E-state index contributed by atoms with van der Waals surface area (Å²) in [6.45, 7) is 7.42. The van der Waals surface area contributed by atoms with E-state index in [1.807, 2.05) is 81.4 Å². The van der Waals surface area contributed by atoms with E-state index in [4.69, 9.17) is 9.47 Å². The van der Waals surface area contributed by atoms with Gasteiger partial charge in [-0.2, -0.15) is 0 Å². The fourth-order valence-corrected chi connectivity index (χ4v) is 8.44. The van der Waals surface area contributed by atoms with Gasteiger partial charge in [0.15, 0.2) is 5.78 Å². The molecule has 6 nitrogen and oxygen atoms in total. The van der Waals surface area contributed by atoms with Gasteiger partial charge >= 0.3 is 0 Å². The fraction of sp³-hybridized carbons (Fsp3) is 0.324. The summed E-state index contributed by atoms with van der Waals surface area (Å²) in [7, 11) is 0. The number of alkyl halides is 1. The molecule has 6 rings (SSSR count). The number of fused-ring (bicyclic) bond motifs is 5. The molecule has 41 heavy (non-hydrogen) atoms. The van der Waals surface area contributed by atoms with Gasteiger partial charge in [0, 0.05) is 19.6 Å². The summed E-state index contributed by atoms with van der Waals surface area (Å²) >= 11 is 3.81. The van der Waals surface area contributed by atoms with Crippen molar-refractivity contribution in [1.82, 2.24) is 0 Å². The van der Waals surface area contributed by atoms with E-state index in [0.717, 1.165) is 28.7 Å². The smallest absolute Gasteiger partial charge is 0.252 e. The van der Waals surface area contributed by atoms with Gasteiger partial charge in [-0.1, -0.05) is 76.6 Å². The van der Waals surface area contributed by atoms with Crippen molar-refractivity contribution in [1.29, 1.82) is 0 Å². The molecule has 3 aliphatic rings. The van der Waals surface area contributed by atoms with E-state index in [1.165, 1.54) is 4.90 Å². The number of amides is 2. The van der Waals surface area contributed by atoms with Gasteiger partial charge in [0.25, 0.3) is 5.91 Å². The Morgan fingerprint density at radius 3 is 1.98 bits per heavy atom. The van der Waals surface area contributed by atoms with Crippen LogP contribution >= 0.6 is 15.9 Å². The number of rotatable bonds is 9. The fourth-order valence-electron chi connectivity index (χ4n) is 7.23. The second-order valence-electron chi connectivity index (χ2n) is 11.2. The van der Waals surface area contributed by atoms with Gasteiger partial charge in [-0.25, -0.2) is 4.90 Å². The zero-order valence-electron chi connectivity index (χ0n) is 23.4. The van der Waals surface area contributed by atoms with Crippen molar-refractivity contribution in [3.05, 3.63) is 96.1 Å². The molecule has 7 heteroatoms. The predicted octanol–water partition coefficient (Wildman–Crippen LogP) is 6.34. The number of hydrogen-bond donors (Lipinski definition) is 0. The van der Waals surface area contributed by atoms with Crippen LogP contribution in [0.4, 0.5) is 5.69 Å². The summed E-state index contributed by atoms with van der Waals surface area (Å²) in [5.74, 6) is -1.17. The van der Waals surface area contributed by atoms with Crippen molar-refractivity contribution < 1.29 is 23.9 Å². The molecule has 0 aromatic heterocycles. The average Bonchev–Trinajstić information content (AvgIpc) is 3.38. The van der Waals surface area contributed by atoms with Crippen molar-refractivity contribution >= 4 is 50.4 Å². The summed E-state index contributed by atoms with van der Waals surface area (Å²) in [6, 6.07) is 26.4. The number of anilines is 1. The van der Waals surface area contributed by atoms with E-state index in [2.05, 4.69) is 15.9 Å². The Bertz CT molecular complexity index is 1550. The summed E-state index contributed by atoms with van der Waals surface area (Å²) in [5, 5.41) is 0. The van der Waals surface area contributed by atoms with Gasteiger partial charge in [-0.15, -0.1) is 0 Å². The first kappa shape index (κ1) is 27.6. The van der Waals surface area contributed by atoms with Crippen molar-refractivity contribution in [3.63, 3.8) is 0 Å². The van der Waals surface area contributed by atoms with Gasteiger partial charge in [-0.05, 0) is 67.3 Å². The monoisotopic (exact) mass is 613 g/mol. The number of ketones is 1. The second kappa shape index (κ2) is 10.1. The lowest BCUT2D eigenvalue weighted by atomic mass is 9.63. The molecule has 210 valence electrons. The highest BCUT2D eigenvalue weighted by Crippen LogP contribution is 2.77. The zero-order valence-corrected chi connectivity index (χ0v) is 24.9. The number of halogens is 1. The van der Waals surface area contributed by atoms with Crippen LogP contribution in [0.5, 0.6) is 5.75 Å². The van der Waals surface area contributed by atoms with E-state index < -0.39 is 27.0 Å². The number of ether oxygens (including phenoxy) is 2. The molecule has 0 N–H and O–H groups in total. The van der Waals surface area contributed by atoms with Gasteiger partial charge in [0.05, 0.1) is 29.0 Å². The molecule has 2 aliphatic carbocycles. The van der Waals surface area contributed by atoms with E-state index in [-0.39, 0.29) is 11.7 Å². The summed E-state index contributed by atoms with van der Waals surface area (Å²) in [5.41, 5.74) is 1.33. The maximum Gasteiger partial charge on any atom is 0.252 e. The SMILES string of the molecule is CCOCCCOc1ccc(N2C(=O)C3C4(C)C(=O)C(C)(C(c5ccccc5)=C4c4ccccc4)C3(Br)C2=O)cc1. The number of benzene rings is 3. The van der Waals surface area contributed by atoms with E-state index in [0.29, 0.717) is 31.3 Å². The molecule has 2 bridgehead atoms. The molecule has 4 atom stereocenters. The van der Waals surface area contributed by atoms with Crippen LogP contribution in [-0.4, -0.2) is 41.7 Å². The van der Waals surface area contributed by atoms with E-state index in [1.54, 1.807) is 24.3 Å². The lowest BCUT2D eigenvalue weighted by Crippen LogP contribution is -2.50. The van der Waals surface area contributed by atoms with E-state index >= 15 is 0 Å². The number of Topliss-reactive ketones (excluding diaryl/α,β-unsaturated/α-hetero) is 1. The molecule has 1 saturated carbocycles. The number of hydrogen-bond acceptors (Lipinski definition) is 5. The molecule has 0 radical (unpaired) electrons. The minimum Gasteiger partial charge on any atom is -0.494 e. The lowest BCUT2D eigenvalue weighted by molar-refractivity contribution is -0.133. The maximum absolute atomic E-state index is 14.5. The molecule has 1 aliphatic heterocycles.